The third-order valence-corrected chi connectivity index (χ3v) is 4.77. The SMILES string of the molecule is CC(=NCCCNC(=O)NCCCN=C(C)c1c(O)cc(C)oc1=O)c1c(O)cc(C)oc1=O. The van der Waals surface area contributed by atoms with E-state index in [0.717, 1.165) is 0 Å². The molecule has 2 heterocycles. The van der Waals surface area contributed by atoms with Crippen molar-refractivity contribution in [2.24, 2.45) is 9.98 Å². The van der Waals surface area contributed by atoms with E-state index in [1.165, 1.54) is 12.1 Å². The minimum atomic E-state index is -0.644. The molecule has 0 aromatic carbocycles. The van der Waals surface area contributed by atoms with Crippen molar-refractivity contribution in [3.63, 3.8) is 0 Å². The molecule has 2 rings (SSSR count). The number of carbonyl (C=O) groups excluding carboxylic acids is 1. The van der Waals surface area contributed by atoms with Crippen LogP contribution in [0.3, 0.4) is 0 Å². The molecule has 0 aliphatic carbocycles. The molecular weight excluding hydrogens is 444 g/mol. The van der Waals surface area contributed by atoms with Gasteiger partial charge in [-0.05, 0) is 40.5 Å². The van der Waals surface area contributed by atoms with Gasteiger partial charge in [-0.3, -0.25) is 9.98 Å². The lowest BCUT2D eigenvalue weighted by atomic mass is 10.1. The lowest BCUT2D eigenvalue weighted by Gasteiger charge is -2.07. The zero-order valence-corrected chi connectivity index (χ0v) is 19.7. The smallest absolute Gasteiger partial charge is 0.348 e. The van der Waals surface area contributed by atoms with Crippen LogP contribution in [0.2, 0.25) is 0 Å². The third-order valence-electron chi connectivity index (χ3n) is 4.77. The van der Waals surface area contributed by atoms with Crippen LogP contribution in [0.25, 0.3) is 0 Å². The zero-order chi connectivity index (χ0) is 25.3. The lowest BCUT2D eigenvalue weighted by Crippen LogP contribution is -2.36. The van der Waals surface area contributed by atoms with Gasteiger partial charge in [0.05, 0.1) is 11.4 Å². The maximum Gasteiger partial charge on any atom is 0.348 e. The van der Waals surface area contributed by atoms with Crippen LogP contribution >= 0.6 is 0 Å². The van der Waals surface area contributed by atoms with E-state index in [1.807, 2.05) is 0 Å². The number of hydrogen-bond donors (Lipinski definition) is 4. The molecule has 0 saturated carbocycles. The van der Waals surface area contributed by atoms with Crippen molar-refractivity contribution in [3.05, 3.63) is 55.6 Å². The van der Waals surface area contributed by atoms with E-state index in [-0.39, 0.29) is 28.7 Å². The summed E-state index contributed by atoms with van der Waals surface area (Å²) >= 11 is 0. The number of hydrogen-bond acceptors (Lipinski definition) is 9. The van der Waals surface area contributed by atoms with Crippen molar-refractivity contribution >= 4 is 17.5 Å². The lowest BCUT2D eigenvalue weighted by molar-refractivity contribution is 0.241. The number of nitrogens with one attached hydrogen (secondary N) is 2. The number of aliphatic imine (C=N–C) groups is 2. The molecule has 0 spiro atoms. The quantitative estimate of drug-likeness (QED) is 0.302. The Labute approximate surface area is 196 Å². The van der Waals surface area contributed by atoms with Crippen molar-refractivity contribution in [3.8, 4) is 11.5 Å². The van der Waals surface area contributed by atoms with Gasteiger partial charge in [-0.2, -0.15) is 0 Å². The minimum absolute atomic E-state index is 0.0349. The molecular formula is C23H30N4O7. The minimum Gasteiger partial charge on any atom is -0.507 e. The summed E-state index contributed by atoms with van der Waals surface area (Å²) in [4.78, 5) is 44.1. The van der Waals surface area contributed by atoms with Crippen molar-refractivity contribution in [1.29, 1.82) is 0 Å². The predicted molar refractivity (Wildman–Crippen MR) is 128 cm³/mol. The van der Waals surface area contributed by atoms with Gasteiger partial charge in [0, 0.05) is 38.3 Å². The molecule has 184 valence electrons. The van der Waals surface area contributed by atoms with Crippen LogP contribution in [0.1, 0.15) is 49.3 Å². The van der Waals surface area contributed by atoms with Crippen molar-refractivity contribution < 1.29 is 23.8 Å². The maximum atomic E-state index is 11.9. The van der Waals surface area contributed by atoms with Crippen LogP contribution < -0.4 is 21.9 Å². The number of nitrogens with zero attached hydrogens (tertiary/aromatic N) is 2. The summed E-state index contributed by atoms with van der Waals surface area (Å²) in [5.41, 5.74) is -0.489. The molecule has 2 aromatic rings. The van der Waals surface area contributed by atoms with Crippen LogP contribution in [0.4, 0.5) is 4.79 Å². The van der Waals surface area contributed by atoms with Gasteiger partial charge in [-0.15, -0.1) is 0 Å². The Hall–Kier alpha value is -3.89. The third kappa shape index (κ3) is 7.61. The highest BCUT2D eigenvalue weighted by Crippen LogP contribution is 2.16. The Balaban J connectivity index is 1.68. The van der Waals surface area contributed by atoms with E-state index in [0.29, 0.717) is 62.0 Å². The molecule has 0 aliphatic heterocycles. The molecule has 2 aromatic heterocycles. The summed E-state index contributed by atoms with van der Waals surface area (Å²) in [6.45, 7) is 7.81. The summed E-state index contributed by atoms with van der Waals surface area (Å²) < 4.78 is 9.95. The van der Waals surface area contributed by atoms with Crippen LogP contribution in [0.5, 0.6) is 11.5 Å². The molecule has 11 heteroatoms. The summed E-state index contributed by atoms with van der Waals surface area (Å²) in [6.07, 6.45) is 1.07. The summed E-state index contributed by atoms with van der Waals surface area (Å²) in [6, 6.07) is 2.38. The van der Waals surface area contributed by atoms with Gasteiger partial charge in [-0.1, -0.05) is 0 Å². The first-order chi connectivity index (χ1) is 16.1. The highest BCUT2D eigenvalue weighted by molar-refractivity contribution is 6.01. The molecule has 34 heavy (non-hydrogen) atoms. The van der Waals surface area contributed by atoms with Crippen molar-refractivity contribution in [1.82, 2.24) is 10.6 Å². The summed E-state index contributed by atoms with van der Waals surface area (Å²) in [5, 5.41) is 25.2. The fourth-order valence-corrected chi connectivity index (χ4v) is 3.13. The molecule has 11 nitrogen and oxygen atoms in total. The van der Waals surface area contributed by atoms with Gasteiger partial charge in [0.15, 0.2) is 0 Å². The number of carbonyl (C=O) groups is 1. The monoisotopic (exact) mass is 474 g/mol. The van der Waals surface area contributed by atoms with E-state index in [1.54, 1.807) is 27.7 Å². The van der Waals surface area contributed by atoms with Crippen molar-refractivity contribution in [2.45, 2.75) is 40.5 Å². The van der Waals surface area contributed by atoms with Gasteiger partial charge in [0.25, 0.3) is 0 Å². The first-order valence-electron chi connectivity index (χ1n) is 10.8. The van der Waals surface area contributed by atoms with E-state index in [9.17, 15) is 24.6 Å². The van der Waals surface area contributed by atoms with E-state index >= 15 is 0 Å². The molecule has 0 radical (unpaired) electrons. The number of aryl methyl sites for hydroxylation is 2. The van der Waals surface area contributed by atoms with Gasteiger partial charge in [0.2, 0.25) is 0 Å². The van der Waals surface area contributed by atoms with Gasteiger partial charge >= 0.3 is 17.3 Å². The Morgan fingerprint density at radius 3 is 1.56 bits per heavy atom. The first kappa shape index (κ1) is 26.4. The molecule has 0 saturated heterocycles. The first-order valence-corrected chi connectivity index (χ1v) is 10.8. The molecule has 0 atom stereocenters. The Morgan fingerprint density at radius 1 is 0.824 bits per heavy atom. The second-order valence-electron chi connectivity index (χ2n) is 7.63. The van der Waals surface area contributed by atoms with Crippen molar-refractivity contribution in [2.75, 3.05) is 26.2 Å². The van der Waals surface area contributed by atoms with E-state index < -0.39 is 11.3 Å². The normalized spacial score (nSPS) is 12.0. The Bertz CT molecular complexity index is 1100. The van der Waals surface area contributed by atoms with Gasteiger partial charge < -0.3 is 29.7 Å². The number of rotatable bonds is 10. The standard InChI is InChI=1S/C23H30N4O7/c1-13-11-17(28)19(21(30)33-13)15(3)24-7-5-9-26-23(32)27-10-6-8-25-16(4)20-18(29)12-14(2)34-22(20)31/h11-12,28-29H,5-10H2,1-4H3,(H2,26,27,32). The average Bonchev–Trinajstić information content (AvgIpc) is 2.71. The molecule has 0 aliphatic rings. The van der Waals surface area contributed by atoms with Gasteiger partial charge in [0.1, 0.15) is 34.1 Å². The Morgan fingerprint density at radius 2 is 1.21 bits per heavy atom. The fourth-order valence-electron chi connectivity index (χ4n) is 3.13. The largest absolute Gasteiger partial charge is 0.507 e. The van der Waals surface area contributed by atoms with Gasteiger partial charge in [-0.25, -0.2) is 14.4 Å². The predicted octanol–water partition coefficient (Wildman–Crippen LogP) is 2.02. The average molecular weight is 475 g/mol. The molecule has 0 fully saturated rings. The summed E-state index contributed by atoms with van der Waals surface area (Å²) in [7, 11) is 0. The molecule has 4 N–H and O–H groups in total. The highest BCUT2D eigenvalue weighted by Gasteiger charge is 2.13. The zero-order valence-electron chi connectivity index (χ0n) is 19.7. The molecule has 0 unspecified atom stereocenters. The second kappa shape index (κ2) is 12.4. The molecule has 2 amide bonds. The number of amides is 2. The van der Waals surface area contributed by atoms with Crippen LogP contribution in [-0.4, -0.2) is 53.8 Å². The van der Waals surface area contributed by atoms with Crippen LogP contribution in [-0.2, 0) is 0 Å². The topological polar surface area (TPSA) is 167 Å². The highest BCUT2D eigenvalue weighted by atomic mass is 16.4. The molecule has 0 bridgehead atoms. The van der Waals surface area contributed by atoms with Crippen LogP contribution in [0.15, 0.2) is 40.5 Å². The second-order valence-corrected chi connectivity index (χ2v) is 7.63. The van der Waals surface area contributed by atoms with Crippen LogP contribution in [0, 0.1) is 13.8 Å². The fraction of sp³-hybridized carbons (Fsp3) is 0.435. The number of urea groups is 1. The number of aromatic hydroxyl groups is 2. The van der Waals surface area contributed by atoms with E-state index in [2.05, 4.69) is 20.6 Å². The maximum absolute atomic E-state index is 11.9. The summed E-state index contributed by atoms with van der Waals surface area (Å²) in [5.74, 6) is 0.279. The Kier molecular flexibility index (Phi) is 9.60. The van der Waals surface area contributed by atoms with E-state index in [4.69, 9.17) is 8.83 Å².